The van der Waals surface area contributed by atoms with E-state index in [0.717, 1.165) is 23.9 Å². The highest BCUT2D eigenvalue weighted by Crippen LogP contribution is 2.38. The third-order valence-electron chi connectivity index (χ3n) is 4.75. The number of fused-ring (bicyclic) bond motifs is 1. The predicted octanol–water partition coefficient (Wildman–Crippen LogP) is 5.56. The fraction of sp³-hybridized carbons (Fsp3) is 0.0870. The van der Waals surface area contributed by atoms with Crippen LogP contribution in [-0.4, -0.2) is 28.2 Å². The van der Waals surface area contributed by atoms with Gasteiger partial charge >= 0.3 is 0 Å². The van der Waals surface area contributed by atoms with Gasteiger partial charge in [-0.1, -0.05) is 40.9 Å². The molecular formula is C23H14Cl2F2N4OS. The zero-order valence-corrected chi connectivity index (χ0v) is 19.3. The third-order valence-corrected chi connectivity index (χ3v) is 6.32. The molecule has 4 aromatic rings. The molecule has 0 N–H and O–H groups in total. The highest BCUT2D eigenvalue weighted by Gasteiger charge is 2.19. The largest absolute Gasteiger partial charge is 0.363 e. The lowest BCUT2D eigenvalue weighted by molar-refractivity contribution is 0.565. The lowest BCUT2D eigenvalue weighted by atomic mass is 10.1. The van der Waals surface area contributed by atoms with Crippen LogP contribution in [0.1, 0.15) is 0 Å². The van der Waals surface area contributed by atoms with Crippen molar-refractivity contribution in [2.24, 2.45) is 0 Å². The van der Waals surface area contributed by atoms with Gasteiger partial charge in [0, 0.05) is 29.3 Å². The van der Waals surface area contributed by atoms with Crippen LogP contribution < -0.4 is 10.5 Å². The molecule has 0 amide bonds. The number of hydrogen-bond donors (Lipinski definition) is 0. The van der Waals surface area contributed by atoms with Crippen LogP contribution in [0.3, 0.4) is 0 Å². The minimum atomic E-state index is -0.700. The molecule has 2 aromatic carbocycles. The molecule has 0 aliphatic heterocycles. The highest BCUT2D eigenvalue weighted by atomic mass is 35.5. The summed E-state index contributed by atoms with van der Waals surface area (Å²) >= 11 is 14.0. The molecule has 2 aromatic heterocycles. The number of aromatic nitrogens is 3. The van der Waals surface area contributed by atoms with Crippen molar-refractivity contribution >= 4 is 46.2 Å². The maximum Gasteiger partial charge on any atom is 0.281 e. The van der Waals surface area contributed by atoms with E-state index in [9.17, 15) is 13.6 Å². The highest BCUT2D eigenvalue weighted by molar-refractivity contribution is 7.99. The molecule has 10 heteroatoms. The fourth-order valence-corrected chi connectivity index (χ4v) is 4.64. The van der Waals surface area contributed by atoms with Gasteiger partial charge in [0.15, 0.2) is 0 Å². The normalized spacial score (nSPS) is 10.9. The van der Waals surface area contributed by atoms with Gasteiger partial charge in [-0.25, -0.2) is 13.3 Å². The second kappa shape index (κ2) is 9.40. The Morgan fingerprint density at radius 3 is 2.52 bits per heavy atom. The van der Waals surface area contributed by atoms with Crippen molar-refractivity contribution in [1.82, 2.24) is 14.6 Å². The van der Waals surface area contributed by atoms with Gasteiger partial charge in [0.1, 0.15) is 23.0 Å². The zero-order valence-electron chi connectivity index (χ0n) is 17.0. The van der Waals surface area contributed by atoms with E-state index in [0.29, 0.717) is 28.3 Å². The molecule has 0 aliphatic rings. The standard InChI is InChI=1S/C23H14Cl2F2N4OS/c1-3-8-30(2)14-10-15(24)21(16(25)11-14)22-18-5-7-20(29-31(18)12-28-23(22)32)33-19-6-4-13(26)9-17(19)27/h1,4-7,9-12H,8H2,2H3. The second-order valence-corrected chi connectivity index (χ2v) is 8.82. The van der Waals surface area contributed by atoms with E-state index in [2.05, 4.69) is 16.0 Å². The smallest absolute Gasteiger partial charge is 0.281 e. The van der Waals surface area contributed by atoms with Gasteiger partial charge in [-0.05, 0) is 36.4 Å². The molecule has 0 saturated carbocycles. The maximum absolute atomic E-state index is 14.0. The Hall–Kier alpha value is -3.12. The number of nitrogens with zero attached hydrogens (tertiary/aromatic N) is 4. The summed E-state index contributed by atoms with van der Waals surface area (Å²) in [7, 11) is 1.79. The van der Waals surface area contributed by atoms with Gasteiger partial charge in [0.2, 0.25) is 0 Å². The second-order valence-electron chi connectivity index (χ2n) is 6.95. The Morgan fingerprint density at radius 1 is 1.12 bits per heavy atom. The Kier molecular flexibility index (Phi) is 6.56. The molecule has 5 nitrogen and oxygen atoms in total. The van der Waals surface area contributed by atoms with Crippen molar-refractivity contribution in [3.8, 4) is 23.5 Å². The van der Waals surface area contributed by atoms with E-state index in [1.807, 2.05) is 0 Å². The summed E-state index contributed by atoms with van der Waals surface area (Å²) in [6, 6.07) is 9.87. The first-order chi connectivity index (χ1) is 15.8. The van der Waals surface area contributed by atoms with E-state index in [-0.39, 0.29) is 20.5 Å². The van der Waals surface area contributed by atoms with E-state index < -0.39 is 17.2 Å². The molecule has 0 saturated heterocycles. The number of halogens is 4. The molecule has 0 atom stereocenters. The van der Waals surface area contributed by atoms with Gasteiger partial charge in [-0.15, -0.1) is 6.42 Å². The molecule has 2 heterocycles. The summed E-state index contributed by atoms with van der Waals surface area (Å²) in [6.07, 6.45) is 6.62. The van der Waals surface area contributed by atoms with Crippen LogP contribution >= 0.6 is 35.0 Å². The minimum Gasteiger partial charge on any atom is -0.363 e. The van der Waals surface area contributed by atoms with E-state index in [1.54, 1.807) is 36.2 Å². The minimum absolute atomic E-state index is 0.177. The SMILES string of the molecule is C#CCN(C)c1cc(Cl)c(-c2c(=O)ncn3nc(Sc4ccc(F)cc4F)ccc23)c(Cl)c1. The average molecular weight is 503 g/mol. The quantitative estimate of drug-likeness (QED) is 0.334. The van der Waals surface area contributed by atoms with E-state index >= 15 is 0 Å². The van der Waals surface area contributed by atoms with Crippen LogP contribution in [0.2, 0.25) is 10.0 Å². The van der Waals surface area contributed by atoms with Crippen molar-refractivity contribution in [2.75, 3.05) is 18.5 Å². The van der Waals surface area contributed by atoms with Crippen LogP contribution in [0.5, 0.6) is 0 Å². The van der Waals surface area contributed by atoms with Crippen LogP contribution in [0.15, 0.2) is 63.5 Å². The number of terminal acetylenes is 1. The lowest BCUT2D eigenvalue weighted by Crippen LogP contribution is -2.17. The molecule has 4 rings (SSSR count). The summed E-state index contributed by atoms with van der Waals surface area (Å²) in [6.45, 7) is 0.351. The summed E-state index contributed by atoms with van der Waals surface area (Å²) in [5.41, 5.74) is 1.06. The molecule has 33 heavy (non-hydrogen) atoms. The molecular weight excluding hydrogens is 489 g/mol. The molecule has 0 spiro atoms. The van der Waals surface area contributed by atoms with Crippen molar-refractivity contribution in [3.05, 3.63) is 80.8 Å². The monoisotopic (exact) mass is 502 g/mol. The molecule has 0 radical (unpaired) electrons. The summed E-state index contributed by atoms with van der Waals surface area (Å²) in [4.78, 5) is 18.6. The van der Waals surface area contributed by atoms with Gasteiger partial charge < -0.3 is 4.90 Å². The first kappa shape index (κ1) is 23.1. The van der Waals surface area contributed by atoms with Crippen LogP contribution in [0.4, 0.5) is 14.5 Å². The number of hydrogen-bond acceptors (Lipinski definition) is 5. The Bertz CT molecular complexity index is 1460. The molecule has 0 aliphatic carbocycles. The Labute approximate surface area is 202 Å². The van der Waals surface area contributed by atoms with Crippen LogP contribution in [0, 0.1) is 24.0 Å². The fourth-order valence-electron chi connectivity index (χ4n) is 3.19. The maximum atomic E-state index is 14.0. The molecule has 166 valence electrons. The molecule has 0 fully saturated rings. The van der Waals surface area contributed by atoms with Gasteiger partial charge in [0.25, 0.3) is 5.56 Å². The van der Waals surface area contributed by atoms with Crippen molar-refractivity contribution in [2.45, 2.75) is 9.92 Å². The molecule has 0 unspecified atom stereocenters. The van der Waals surface area contributed by atoms with E-state index in [4.69, 9.17) is 29.6 Å². The lowest BCUT2D eigenvalue weighted by Gasteiger charge is -2.19. The summed E-state index contributed by atoms with van der Waals surface area (Å²) < 4.78 is 28.6. The van der Waals surface area contributed by atoms with Crippen molar-refractivity contribution < 1.29 is 8.78 Å². The van der Waals surface area contributed by atoms with Gasteiger partial charge in [0.05, 0.1) is 27.7 Å². The zero-order chi connectivity index (χ0) is 23.7. The number of rotatable bonds is 5. The predicted molar refractivity (Wildman–Crippen MR) is 127 cm³/mol. The third kappa shape index (κ3) is 4.67. The van der Waals surface area contributed by atoms with Crippen molar-refractivity contribution in [3.63, 3.8) is 0 Å². The topological polar surface area (TPSA) is 50.5 Å². The van der Waals surface area contributed by atoms with Crippen LogP contribution in [-0.2, 0) is 0 Å². The van der Waals surface area contributed by atoms with Gasteiger partial charge in [-0.3, -0.25) is 4.79 Å². The first-order valence-corrected chi connectivity index (χ1v) is 11.0. The van der Waals surface area contributed by atoms with Crippen LogP contribution in [0.25, 0.3) is 16.6 Å². The molecule has 0 bridgehead atoms. The summed E-state index contributed by atoms with van der Waals surface area (Å²) in [5.74, 6) is 1.17. The number of benzene rings is 2. The van der Waals surface area contributed by atoms with E-state index in [1.165, 1.54) is 16.9 Å². The summed E-state index contributed by atoms with van der Waals surface area (Å²) in [5, 5.41) is 5.30. The Morgan fingerprint density at radius 2 is 1.85 bits per heavy atom. The number of anilines is 1. The Balaban J connectivity index is 1.80. The van der Waals surface area contributed by atoms with Crippen molar-refractivity contribution in [1.29, 1.82) is 0 Å². The van der Waals surface area contributed by atoms with Gasteiger partial charge in [-0.2, -0.15) is 10.1 Å². The average Bonchev–Trinajstić information content (AvgIpc) is 2.77. The first-order valence-electron chi connectivity index (χ1n) is 9.44.